The Bertz CT molecular complexity index is 1260. The summed E-state index contributed by atoms with van der Waals surface area (Å²) in [5, 5.41) is 16.7. The number of nitrogen functional groups attached to an aromatic ring is 1. The lowest BCUT2D eigenvalue weighted by molar-refractivity contribution is -0.121. The van der Waals surface area contributed by atoms with Gasteiger partial charge in [-0.05, 0) is 73.6 Å². The Morgan fingerprint density at radius 1 is 1.12 bits per heavy atom. The van der Waals surface area contributed by atoms with Crippen LogP contribution in [0.15, 0.2) is 42.5 Å². The number of benzene rings is 2. The Balaban J connectivity index is 1.25. The number of carbonyl (C=O) groups excluding carboxylic acids is 2. The van der Waals surface area contributed by atoms with Crippen molar-refractivity contribution in [3.8, 4) is 11.8 Å². The van der Waals surface area contributed by atoms with E-state index in [1.165, 1.54) is 40.1 Å². The fraction of sp³-hybridized carbons (Fsp3) is 0.308. The molecule has 0 radical (unpaired) electrons. The van der Waals surface area contributed by atoms with Crippen LogP contribution in [0.3, 0.4) is 0 Å². The molecular formula is C26H26FN5O2. The van der Waals surface area contributed by atoms with Crippen LogP contribution in [0, 0.1) is 17.1 Å². The molecule has 0 unspecified atom stereocenters. The van der Waals surface area contributed by atoms with Crippen LogP contribution in [0.25, 0.3) is 5.69 Å². The van der Waals surface area contributed by atoms with Crippen LogP contribution in [0.2, 0.25) is 0 Å². The monoisotopic (exact) mass is 459 g/mol. The van der Waals surface area contributed by atoms with Crippen LogP contribution < -0.4 is 11.1 Å². The molecule has 0 atom stereocenters. The van der Waals surface area contributed by atoms with Crippen molar-refractivity contribution >= 4 is 17.5 Å². The van der Waals surface area contributed by atoms with E-state index >= 15 is 0 Å². The number of hydrogen-bond acceptors (Lipinski definition) is 5. The van der Waals surface area contributed by atoms with Crippen molar-refractivity contribution in [2.75, 3.05) is 12.3 Å². The van der Waals surface area contributed by atoms with E-state index in [-0.39, 0.29) is 41.7 Å². The van der Waals surface area contributed by atoms with Gasteiger partial charge in [0.1, 0.15) is 23.3 Å². The highest BCUT2D eigenvalue weighted by molar-refractivity contribution is 5.98. The van der Waals surface area contributed by atoms with Crippen LogP contribution in [-0.4, -0.2) is 28.0 Å². The zero-order chi connectivity index (χ0) is 24.1. The molecule has 0 spiro atoms. The van der Waals surface area contributed by atoms with Gasteiger partial charge in [-0.15, -0.1) is 0 Å². The van der Waals surface area contributed by atoms with Crippen molar-refractivity contribution in [3.63, 3.8) is 0 Å². The van der Waals surface area contributed by atoms with Crippen molar-refractivity contribution in [1.29, 1.82) is 5.26 Å². The average Bonchev–Trinajstić information content (AvgIpc) is 3.44. The van der Waals surface area contributed by atoms with Gasteiger partial charge in [-0.3, -0.25) is 9.59 Å². The number of nitriles is 1. The van der Waals surface area contributed by atoms with Gasteiger partial charge in [-0.1, -0.05) is 12.1 Å². The maximum atomic E-state index is 13.2. The van der Waals surface area contributed by atoms with Crippen LogP contribution in [0.5, 0.6) is 0 Å². The molecule has 0 aliphatic heterocycles. The zero-order valence-electron chi connectivity index (χ0n) is 18.8. The van der Waals surface area contributed by atoms with E-state index < -0.39 is 0 Å². The molecule has 1 heterocycles. The second kappa shape index (κ2) is 10.3. The predicted octanol–water partition coefficient (Wildman–Crippen LogP) is 3.67. The molecule has 3 aromatic rings. The normalized spacial score (nSPS) is 12.2. The summed E-state index contributed by atoms with van der Waals surface area (Å²) in [5.74, 6) is -0.394. The summed E-state index contributed by atoms with van der Waals surface area (Å²) in [6.45, 7) is 0.389. The number of amides is 1. The summed E-state index contributed by atoms with van der Waals surface area (Å²) in [6.07, 6.45) is 4.51. The van der Waals surface area contributed by atoms with E-state index in [0.29, 0.717) is 36.3 Å². The topological polar surface area (TPSA) is 114 Å². The van der Waals surface area contributed by atoms with Crippen molar-refractivity contribution in [3.05, 3.63) is 76.2 Å². The molecule has 1 aliphatic rings. The first-order valence-electron chi connectivity index (χ1n) is 11.4. The first-order chi connectivity index (χ1) is 16.5. The van der Waals surface area contributed by atoms with Gasteiger partial charge in [0.15, 0.2) is 5.78 Å². The van der Waals surface area contributed by atoms with Gasteiger partial charge in [0.05, 0.1) is 11.4 Å². The number of ketones is 1. The lowest BCUT2D eigenvalue weighted by Crippen LogP contribution is -2.25. The number of Topliss-reactive ketones (excluding diaryl/α,β-unsaturated/α-hetero) is 1. The van der Waals surface area contributed by atoms with Crippen LogP contribution in [0.4, 0.5) is 10.2 Å². The van der Waals surface area contributed by atoms with Crippen LogP contribution >= 0.6 is 0 Å². The first kappa shape index (κ1) is 23.2. The van der Waals surface area contributed by atoms with Gasteiger partial charge in [0.2, 0.25) is 5.91 Å². The third-order valence-corrected chi connectivity index (χ3v) is 6.09. The number of halogens is 1. The van der Waals surface area contributed by atoms with Crippen molar-refractivity contribution < 1.29 is 14.0 Å². The Kier molecular flexibility index (Phi) is 7.02. The SMILES string of the molecule is N#Cc1c(CCCNC(=O)CCC(=O)c2ccc3c(c2)CCC3)nn(-c2ccc(F)cc2)c1N. The summed E-state index contributed by atoms with van der Waals surface area (Å²) in [4.78, 5) is 24.6. The maximum absolute atomic E-state index is 13.2. The Labute approximate surface area is 197 Å². The van der Waals surface area contributed by atoms with Crippen molar-refractivity contribution in [1.82, 2.24) is 15.1 Å². The van der Waals surface area contributed by atoms with Crippen LogP contribution in [0.1, 0.15) is 58.4 Å². The van der Waals surface area contributed by atoms with Gasteiger partial charge in [0, 0.05) is 24.9 Å². The molecule has 8 heteroatoms. The Hall–Kier alpha value is -3.99. The molecule has 34 heavy (non-hydrogen) atoms. The number of hydrogen-bond donors (Lipinski definition) is 2. The van der Waals surface area contributed by atoms with E-state index in [9.17, 15) is 19.2 Å². The molecule has 1 aromatic heterocycles. The predicted molar refractivity (Wildman–Crippen MR) is 126 cm³/mol. The standard InChI is InChI=1S/C26H26FN5O2/c27-20-8-10-21(11-9-20)32-26(29)22(16-28)23(31-32)5-2-14-30-25(34)13-12-24(33)19-7-6-17-3-1-4-18(17)15-19/h6-11,15H,1-5,12-14,29H2,(H,30,34). The lowest BCUT2D eigenvalue weighted by Gasteiger charge is -2.06. The summed E-state index contributed by atoms with van der Waals surface area (Å²) < 4.78 is 14.6. The third kappa shape index (κ3) is 5.15. The molecule has 7 nitrogen and oxygen atoms in total. The molecular weight excluding hydrogens is 433 g/mol. The number of aryl methyl sites for hydroxylation is 3. The van der Waals surface area contributed by atoms with Crippen LogP contribution in [-0.2, 0) is 24.1 Å². The van der Waals surface area contributed by atoms with Crippen molar-refractivity contribution in [2.24, 2.45) is 0 Å². The number of anilines is 1. The zero-order valence-corrected chi connectivity index (χ0v) is 18.8. The molecule has 1 amide bonds. The van der Waals surface area contributed by atoms with E-state index in [1.54, 1.807) is 0 Å². The minimum Gasteiger partial charge on any atom is -0.382 e. The van der Waals surface area contributed by atoms with E-state index in [1.807, 2.05) is 18.2 Å². The van der Waals surface area contributed by atoms with Gasteiger partial charge < -0.3 is 11.1 Å². The second-order valence-electron chi connectivity index (χ2n) is 8.42. The van der Waals surface area contributed by atoms with Crippen molar-refractivity contribution in [2.45, 2.75) is 44.9 Å². The van der Waals surface area contributed by atoms with Gasteiger partial charge in [0.25, 0.3) is 0 Å². The van der Waals surface area contributed by atoms with Gasteiger partial charge >= 0.3 is 0 Å². The lowest BCUT2D eigenvalue weighted by atomic mass is 10.0. The quantitative estimate of drug-likeness (QED) is 0.374. The highest BCUT2D eigenvalue weighted by Gasteiger charge is 2.17. The summed E-state index contributed by atoms with van der Waals surface area (Å²) in [7, 11) is 0. The third-order valence-electron chi connectivity index (χ3n) is 6.09. The number of fused-ring (bicyclic) bond motifs is 1. The van der Waals surface area contributed by atoms with E-state index in [4.69, 9.17) is 5.73 Å². The molecule has 174 valence electrons. The second-order valence-corrected chi connectivity index (χ2v) is 8.42. The fourth-order valence-corrected chi connectivity index (χ4v) is 4.24. The fourth-order valence-electron chi connectivity index (χ4n) is 4.24. The molecule has 0 fully saturated rings. The number of aromatic nitrogens is 2. The molecule has 4 rings (SSSR count). The number of nitrogens with one attached hydrogen (secondary N) is 1. The van der Waals surface area contributed by atoms with Gasteiger partial charge in [-0.25, -0.2) is 9.07 Å². The highest BCUT2D eigenvalue weighted by atomic mass is 19.1. The number of nitrogens with two attached hydrogens (primary N) is 1. The number of rotatable bonds is 9. The minimum atomic E-state index is -0.375. The maximum Gasteiger partial charge on any atom is 0.220 e. The smallest absolute Gasteiger partial charge is 0.220 e. The van der Waals surface area contributed by atoms with E-state index in [2.05, 4.69) is 16.5 Å². The molecule has 0 bridgehead atoms. The molecule has 1 aliphatic carbocycles. The molecule has 0 saturated heterocycles. The van der Waals surface area contributed by atoms with Gasteiger partial charge in [-0.2, -0.15) is 10.4 Å². The largest absolute Gasteiger partial charge is 0.382 e. The summed E-state index contributed by atoms with van der Waals surface area (Å²) in [5.41, 5.74) is 10.7. The minimum absolute atomic E-state index is 0.0229. The number of nitrogens with zero attached hydrogens (tertiary/aromatic N) is 3. The summed E-state index contributed by atoms with van der Waals surface area (Å²) in [6, 6.07) is 13.6. The first-order valence-corrected chi connectivity index (χ1v) is 11.4. The Morgan fingerprint density at radius 2 is 1.88 bits per heavy atom. The molecule has 2 aromatic carbocycles. The Morgan fingerprint density at radius 3 is 2.65 bits per heavy atom. The average molecular weight is 460 g/mol. The highest BCUT2D eigenvalue weighted by Crippen LogP contribution is 2.24. The number of carbonyl (C=O) groups is 2. The summed E-state index contributed by atoms with van der Waals surface area (Å²) >= 11 is 0. The molecule has 0 saturated carbocycles. The van der Waals surface area contributed by atoms with E-state index in [0.717, 1.165) is 19.3 Å². The molecule has 3 N–H and O–H groups in total.